The van der Waals surface area contributed by atoms with Crippen molar-refractivity contribution in [2.24, 2.45) is 11.8 Å². The van der Waals surface area contributed by atoms with Gasteiger partial charge in [0.2, 0.25) is 0 Å². The zero-order valence-electron chi connectivity index (χ0n) is 14.3. The number of benzene rings is 1. The van der Waals surface area contributed by atoms with Crippen LogP contribution in [-0.2, 0) is 0 Å². The molecule has 1 N–H and O–H groups in total. The lowest BCUT2D eigenvalue weighted by atomic mass is 9.80. The Labute approximate surface area is 135 Å². The van der Waals surface area contributed by atoms with E-state index in [1.807, 2.05) is 0 Å². The lowest BCUT2D eigenvalue weighted by molar-refractivity contribution is 0.249. The minimum atomic E-state index is 0.662. The summed E-state index contributed by atoms with van der Waals surface area (Å²) in [6.07, 6.45) is 3.92. The lowest BCUT2D eigenvalue weighted by Crippen LogP contribution is -2.46. The number of hydrogen-bond acceptors (Lipinski definition) is 2. The smallest absolute Gasteiger partial charge is 0.0274 e. The highest BCUT2D eigenvalue weighted by Gasteiger charge is 2.34. The Morgan fingerprint density at radius 1 is 1.14 bits per heavy atom. The molecular formula is C19H31NS. The molecule has 1 aliphatic rings. The van der Waals surface area contributed by atoms with E-state index >= 15 is 0 Å². The van der Waals surface area contributed by atoms with E-state index < -0.39 is 0 Å². The average Bonchev–Trinajstić information content (AvgIpc) is 2.43. The van der Waals surface area contributed by atoms with Crippen molar-refractivity contribution < 1.29 is 0 Å². The van der Waals surface area contributed by atoms with Crippen LogP contribution in [0.5, 0.6) is 0 Å². The molecule has 1 fully saturated rings. The van der Waals surface area contributed by atoms with Gasteiger partial charge in [-0.15, -0.1) is 11.8 Å². The van der Waals surface area contributed by atoms with E-state index in [0.29, 0.717) is 11.3 Å². The van der Waals surface area contributed by atoms with Crippen molar-refractivity contribution in [1.29, 1.82) is 0 Å². The number of thioether (sulfide) groups is 1. The van der Waals surface area contributed by atoms with Crippen molar-refractivity contribution in [2.45, 2.75) is 70.1 Å². The quantitative estimate of drug-likeness (QED) is 0.802. The topological polar surface area (TPSA) is 12.0 Å². The molecular weight excluding hydrogens is 274 g/mol. The van der Waals surface area contributed by atoms with Gasteiger partial charge >= 0.3 is 0 Å². The van der Waals surface area contributed by atoms with Crippen LogP contribution in [0.25, 0.3) is 0 Å². The Morgan fingerprint density at radius 2 is 1.90 bits per heavy atom. The first-order valence-corrected chi connectivity index (χ1v) is 9.36. The third-order valence-electron chi connectivity index (χ3n) is 4.79. The van der Waals surface area contributed by atoms with Crippen LogP contribution in [0.15, 0.2) is 23.1 Å². The second-order valence-corrected chi connectivity index (χ2v) is 8.19. The second-order valence-electron chi connectivity index (χ2n) is 6.94. The van der Waals surface area contributed by atoms with Crippen molar-refractivity contribution in [3.05, 3.63) is 29.3 Å². The molecule has 1 aliphatic carbocycles. The molecule has 1 aromatic carbocycles. The highest BCUT2D eigenvalue weighted by molar-refractivity contribution is 8.00. The van der Waals surface area contributed by atoms with Gasteiger partial charge < -0.3 is 5.32 Å². The lowest BCUT2D eigenvalue weighted by Gasteiger charge is -2.40. The largest absolute Gasteiger partial charge is 0.313 e. The first-order chi connectivity index (χ1) is 10.0. The van der Waals surface area contributed by atoms with Crippen molar-refractivity contribution in [3.8, 4) is 0 Å². The van der Waals surface area contributed by atoms with Gasteiger partial charge in [0.25, 0.3) is 0 Å². The molecule has 0 saturated heterocycles. The van der Waals surface area contributed by atoms with Gasteiger partial charge in [-0.3, -0.25) is 0 Å². The number of rotatable bonds is 5. The SMILES string of the molecule is CCCNC1CC(C)CC(C)C1Sc1ccc(C)c(C)c1. The van der Waals surface area contributed by atoms with Crippen molar-refractivity contribution in [1.82, 2.24) is 5.32 Å². The van der Waals surface area contributed by atoms with Gasteiger partial charge in [0, 0.05) is 16.2 Å². The van der Waals surface area contributed by atoms with Crippen LogP contribution in [0.1, 0.15) is 51.2 Å². The van der Waals surface area contributed by atoms with E-state index in [-0.39, 0.29) is 0 Å². The highest BCUT2D eigenvalue weighted by atomic mass is 32.2. The van der Waals surface area contributed by atoms with Crippen LogP contribution in [0.3, 0.4) is 0 Å². The zero-order chi connectivity index (χ0) is 15.4. The monoisotopic (exact) mass is 305 g/mol. The predicted molar refractivity (Wildman–Crippen MR) is 95.2 cm³/mol. The summed E-state index contributed by atoms with van der Waals surface area (Å²) in [5, 5.41) is 4.51. The standard InChI is InChI=1S/C19H31NS/c1-6-9-20-18-11-13(2)10-16(5)19(18)21-17-8-7-14(3)15(4)12-17/h7-8,12-13,16,18-20H,6,9-11H2,1-5H3. The van der Waals surface area contributed by atoms with E-state index in [9.17, 15) is 0 Å². The van der Waals surface area contributed by atoms with E-state index in [0.717, 1.165) is 18.4 Å². The van der Waals surface area contributed by atoms with Gasteiger partial charge in [-0.05, 0) is 74.8 Å². The molecule has 0 spiro atoms. The molecule has 2 rings (SSSR count). The normalized spacial score (nSPS) is 29.6. The minimum absolute atomic E-state index is 0.662. The average molecular weight is 306 g/mol. The molecule has 1 nitrogen and oxygen atoms in total. The fourth-order valence-corrected chi connectivity index (χ4v) is 4.92. The molecule has 0 heterocycles. The van der Waals surface area contributed by atoms with Crippen molar-refractivity contribution in [2.75, 3.05) is 6.54 Å². The summed E-state index contributed by atoms with van der Waals surface area (Å²) in [7, 11) is 0. The van der Waals surface area contributed by atoms with Gasteiger partial charge in [0.1, 0.15) is 0 Å². The minimum Gasteiger partial charge on any atom is -0.313 e. The summed E-state index contributed by atoms with van der Waals surface area (Å²) in [5.41, 5.74) is 2.81. The Kier molecular flexibility index (Phi) is 6.19. The van der Waals surface area contributed by atoms with E-state index in [4.69, 9.17) is 0 Å². The maximum atomic E-state index is 3.81. The maximum Gasteiger partial charge on any atom is 0.0274 e. The predicted octanol–water partition coefficient (Wildman–Crippen LogP) is 5.20. The molecule has 2 heteroatoms. The Hall–Kier alpha value is -0.470. The van der Waals surface area contributed by atoms with Gasteiger partial charge in [-0.2, -0.15) is 0 Å². The molecule has 0 aromatic heterocycles. The molecule has 1 aromatic rings. The fourth-order valence-electron chi connectivity index (χ4n) is 3.50. The summed E-state index contributed by atoms with van der Waals surface area (Å²) >= 11 is 2.09. The first-order valence-electron chi connectivity index (χ1n) is 8.48. The molecule has 118 valence electrons. The van der Waals surface area contributed by atoms with Crippen LogP contribution < -0.4 is 5.32 Å². The first kappa shape index (κ1) is 16.9. The Morgan fingerprint density at radius 3 is 2.57 bits per heavy atom. The third-order valence-corrected chi connectivity index (χ3v) is 6.39. The fraction of sp³-hybridized carbons (Fsp3) is 0.684. The second kappa shape index (κ2) is 7.69. The van der Waals surface area contributed by atoms with E-state index in [1.165, 1.54) is 35.3 Å². The number of hydrogen-bond donors (Lipinski definition) is 1. The molecule has 4 atom stereocenters. The molecule has 0 amide bonds. The summed E-state index contributed by atoms with van der Waals surface area (Å²) < 4.78 is 0. The van der Waals surface area contributed by atoms with Crippen LogP contribution in [0.2, 0.25) is 0 Å². The van der Waals surface area contributed by atoms with Gasteiger partial charge in [-0.25, -0.2) is 0 Å². The van der Waals surface area contributed by atoms with Crippen LogP contribution in [0.4, 0.5) is 0 Å². The Balaban J connectivity index is 2.10. The number of nitrogens with one attached hydrogen (secondary N) is 1. The summed E-state index contributed by atoms with van der Waals surface area (Å²) in [4.78, 5) is 1.44. The van der Waals surface area contributed by atoms with E-state index in [1.54, 1.807) is 0 Å². The summed E-state index contributed by atoms with van der Waals surface area (Å²) in [5.74, 6) is 1.64. The molecule has 0 bridgehead atoms. The molecule has 0 radical (unpaired) electrons. The van der Waals surface area contributed by atoms with Crippen LogP contribution in [-0.4, -0.2) is 17.8 Å². The molecule has 0 aliphatic heterocycles. The summed E-state index contributed by atoms with van der Waals surface area (Å²) in [6.45, 7) is 12.7. The van der Waals surface area contributed by atoms with Gasteiger partial charge in [0.05, 0.1) is 0 Å². The molecule has 4 unspecified atom stereocenters. The van der Waals surface area contributed by atoms with Crippen molar-refractivity contribution in [3.63, 3.8) is 0 Å². The van der Waals surface area contributed by atoms with Gasteiger partial charge in [-0.1, -0.05) is 26.8 Å². The zero-order valence-corrected chi connectivity index (χ0v) is 15.1. The summed E-state index contributed by atoms with van der Waals surface area (Å²) in [6, 6.07) is 7.59. The number of aryl methyl sites for hydroxylation is 2. The van der Waals surface area contributed by atoms with Crippen LogP contribution >= 0.6 is 11.8 Å². The highest BCUT2D eigenvalue weighted by Crippen LogP contribution is 2.40. The Bertz CT molecular complexity index is 457. The molecule has 1 saturated carbocycles. The van der Waals surface area contributed by atoms with E-state index in [2.05, 4.69) is 69.9 Å². The van der Waals surface area contributed by atoms with Crippen molar-refractivity contribution >= 4 is 11.8 Å². The third kappa shape index (κ3) is 4.50. The van der Waals surface area contributed by atoms with Gasteiger partial charge in [0.15, 0.2) is 0 Å². The molecule has 21 heavy (non-hydrogen) atoms. The van der Waals surface area contributed by atoms with Crippen LogP contribution in [0, 0.1) is 25.7 Å². The maximum absolute atomic E-state index is 3.81.